The molecule has 0 saturated heterocycles. The number of hydrogen-bond donors (Lipinski definition) is 1. The lowest BCUT2D eigenvalue weighted by Crippen LogP contribution is -2.35. The second-order valence-electron chi connectivity index (χ2n) is 10.1. The Morgan fingerprint density at radius 1 is 1.09 bits per heavy atom. The molecule has 1 atom stereocenters. The number of benzene rings is 2. The van der Waals surface area contributed by atoms with Gasteiger partial charge in [-0.1, -0.05) is 54.8 Å². The Hall–Kier alpha value is -3.03. The summed E-state index contributed by atoms with van der Waals surface area (Å²) in [5, 5.41) is 14.5. The number of tetrazole rings is 1. The zero-order valence-corrected chi connectivity index (χ0v) is 21.8. The summed E-state index contributed by atoms with van der Waals surface area (Å²) in [4.78, 5) is 18.4. The molecule has 35 heavy (non-hydrogen) atoms. The van der Waals surface area contributed by atoms with Crippen molar-refractivity contribution in [3.63, 3.8) is 0 Å². The van der Waals surface area contributed by atoms with Crippen molar-refractivity contribution < 1.29 is 0 Å². The van der Waals surface area contributed by atoms with Crippen molar-refractivity contribution in [2.75, 3.05) is 0 Å². The summed E-state index contributed by atoms with van der Waals surface area (Å²) in [6.45, 7) is 11.5. The Balaban J connectivity index is 1.81. The maximum absolute atomic E-state index is 13.1. The predicted molar refractivity (Wildman–Crippen MR) is 140 cm³/mol. The molecule has 0 saturated carbocycles. The summed E-state index contributed by atoms with van der Waals surface area (Å²) in [6.07, 6.45) is 1.78. The third kappa shape index (κ3) is 5.63. The van der Waals surface area contributed by atoms with Gasteiger partial charge in [0.25, 0.3) is 5.56 Å². The molecular weight excluding hydrogens is 460 g/mol. The molecular formula is C27H33ClN6O. The highest BCUT2D eigenvalue weighted by Gasteiger charge is 2.30. The Labute approximate surface area is 211 Å². The van der Waals surface area contributed by atoms with Gasteiger partial charge < -0.3 is 4.98 Å². The van der Waals surface area contributed by atoms with Gasteiger partial charge in [-0.05, 0) is 79.8 Å². The van der Waals surface area contributed by atoms with E-state index < -0.39 is 0 Å². The van der Waals surface area contributed by atoms with E-state index in [1.54, 1.807) is 0 Å². The average Bonchev–Trinajstić information content (AvgIpc) is 3.29. The Morgan fingerprint density at radius 2 is 1.83 bits per heavy atom. The molecule has 0 aliphatic carbocycles. The highest BCUT2D eigenvalue weighted by atomic mass is 35.5. The van der Waals surface area contributed by atoms with Gasteiger partial charge >= 0.3 is 0 Å². The summed E-state index contributed by atoms with van der Waals surface area (Å²) in [7, 11) is 0. The van der Waals surface area contributed by atoms with Crippen LogP contribution < -0.4 is 5.56 Å². The van der Waals surface area contributed by atoms with Crippen LogP contribution in [0.15, 0.2) is 53.3 Å². The van der Waals surface area contributed by atoms with E-state index in [0.717, 1.165) is 40.7 Å². The van der Waals surface area contributed by atoms with Crippen molar-refractivity contribution >= 4 is 22.5 Å². The van der Waals surface area contributed by atoms with Crippen LogP contribution in [0.2, 0.25) is 5.02 Å². The number of pyridine rings is 1. The largest absolute Gasteiger partial charge is 0.322 e. The number of rotatable bonds is 8. The van der Waals surface area contributed by atoms with Gasteiger partial charge in [0.1, 0.15) is 0 Å². The summed E-state index contributed by atoms with van der Waals surface area (Å²) < 4.78 is 1.89. The fourth-order valence-electron chi connectivity index (χ4n) is 4.46. The monoisotopic (exact) mass is 492 g/mol. The van der Waals surface area contributed by atoms with Gasteiger partial charge in [-0.2, -0.15) is 0 Å². The van der Waals surface area contributed by atoms with Crippen LogP contribution in [-0.2, 0) is 18.6 Å². The lowest BCUT2D eigenvalue weighted by atomic mass is 10.0. The molecule has 4 aromatic rings. The number of aromatic amines is 1. The number of hydrogen-bond acceptors (Lipinski definition) is 5. The molecule has 0 aliphatic heterocycles. The van der Waals surface area contributed by atoms with Gasteiger partial charge in [0.15, 0.2) is 5.82 Å². The van der Waals surface area contributed by atoms with E-state index in [1.165, 1.54) is 0 Å². The van der Waals surface area contributed by atoms with Crippen LogP contribution in [0.1, 0.15) is 69.1 Å². The van der Waals surface area contributed by atoms with Crippen LogP contribution in [0.3, 0.4) is 0 Å². The van der Waals surface area contributed by atoms with Crippen LogP contribution in [0.25, 0.3) is 10.9 Å². The van der Waals surface area contributed by atoms with E-state index in [1.807, 2.05) is 47.1 Å². The lowest BCUT2D eigenvalue weighted by molar-refractivity contribution is 0.148. The van der Waals surface area contributed by atoms with Crippen molar-refractivity contribution in [1.29, 1.82) is 0 Å². The minimum atomic E-state index is -0.279. The van der Waals surface area contributed by atoms with Crippen LogP contribution in [0.5, 0.6) is 0 Å². The predicted octanol–water partition coefficient (Wildman–Crippen LogP) is 5.78. The molecule has 0 bridgehead atoms. The van der Waals surface area contributed by atoms with Crippen LogP contribution >= 0.6 is 11.6 Å². The molecule has 0 amide bonds. The van der Waals surface area contributed by atoms with Gasteiger partial charge in [0, 0.05) is 29.2 Å². The number of nitrogens with one attached hydrogen (secondary N) is 1. The zero-order valence-electron chi connectivity index (χ0n) is 21.0. The van der Waals surface area contributed by atoms with E-state index >= 15 is 0 Å². The summed E-state index contributed by atoms with van der Waals surface area (Å²) >= 11 is 6.57. The third-order valence-corrected chi connectivity index (χ3v) is 6.58. The van der Waals surface area contributed by atoms with E-state index in [-0.39, 0.29) is 17.1 Å². The molecule has 2 heterocycles. The van der Waals surface area contributed by atoms with Crippen LogP contribution in [-0.4, -0.2) is 30.1 Å². The van der Waals surface area contributed by atoms with Crippen molar-refractivity contribution in [1.82, 2.24) is 30.1 Å². The number of fused-ring (bicyclic) bond motifs is 1. The molecule has 0 aliphatic rings. The topological polar surface area (TPSA) is 79.7 Å². The Kier molecular flexibility index (Phi) is 7.38. The molecule has 0 unspecified atom stereocenters. The Morgan fingerprint density at radius 3 is 2.54 bits per heavy atom. The first-order chi connectivity index (χ1) is 16.7. The SMILES string of the molecule is CCC[C@@H](c1nnnn1C(C)(C)C)N(Cc1ccccc1Cl)Cc1cc2cc(C)ccc2[nH]c1=O. The van der Waals surface area contributed by atoms with Crippen LogP contribution in [0, 0.1) is 6.92 Å². The zero-order chi connectivity index (χ0) is 25.2. The average molecular weight is 493 g/mol. The molecule has 8 heteroatoms. The summed E-state index contributed by atoms with van der Waals surface area (Å²) in [5.41, 5.74) is 3.32. The molecule has 0 radical (unpaired) electrons. The second-order valence-corrected chi connectivity index (χ2v) is 10.5. The first-order valence-electron chi connectivity index (χ1n) is 12.1. The third-order valence-electron chi connectivity index (χ3n) is 6.21. The molecule has 2 aromatic heterocycles. The molecule has 4 rings (SSSR count). The van der Waals surface area contributed by atoms with Gasteiger partial charge in [0.2, 0.25) is 0 Å². The summed E-state index contributed by atoms with van der Waals surface area (Å²) in [6, 6.07) is 15.8. The van der Waals surface area contributed by atoms with Crippen molar-refractivity contribution in [2.45, 2.75) is 72.1 Å². The first-order valence-corrected chi connectivity index (χ1v) is 12.4. The quantitative estimate of drug-likeness (QED) is 0.337. The van der Waals surface area contributed by atoms with Crippen molar-refractivity contribution in [3.05, 3.63) is 86.4 Å². The van der Waals surface area contributed by atoms with E-state index in [9.17, 15) is 4.79 Å². The van der Waals surface area contributed by atoms with Crippen LogP contribution in [0.4, 0.5) is 0 Å². The van der Waals surface area contributed by atoms with E-state index in [4.69, 9.17) is 11.6 Å². The fourth-order valence-corrected chi connectivity index (χ4v) is 4.65. The molecule has 1 N–H and O–H groups in total. The normalized spacial score (nSPS) is 13.0. The summed E-state index contributed by atoms with van der Waals surface area (Å²) in [5.74, 6) is 0.791. The van der Waals surface area contributed by atoms with E-state index in [0.29, 0.717) is 23.7 Å². The maximum atomic E-state index is 13.1. The van der Waals surface area contributed by atoms with Gasteiger partial charge in [0.05, 0.1) is 11.6 Å². The number of H-pyrrole nitrogens is 1. The molecule has 2 aromatic carbocycles. The highest BCUT2D eigenvalue weighted by molar-refractivity contribution is 6.31. The first kappa shape index (κ1) is 25.1. The van der Waals surface area contributed by atoms with Crippen molar-refractivity contribution in [3.8, 4) is 0 Å². The number of aromatic nitrogens is 5. The van der Waals surface area contributed by atoms with Gasteiger partial charge in [-0.25, -0.2) is 4.68 Å². The molecule has 184 valence electrons. The smallest absolute Gasteiger partial charge is 0.252 e. The molecule has 7 nitrogen and oxygen atoms in total. The van der Waals surface area contributed by atoms with E-state index in [2.05, 4.69) is 66.1 Å². The standard InChI is InChI=1S/C27H33ClN6O/c1-6-9-24(25-30-31-32-34(25)27(3,4)5)33(16-19-10-7-8-11-22(19)28)17-21-15-20-14-18(2)12-13-23(20)29-26(21)35/h7-8,10-15,24H,6,9,16-17H2,1-5H3,(H,29,35)/t24-/m0/s1. The van der Waals surface area contributed by atoms with Gasteiger partial charge in [-0.15, -0.1) is 5.10 Å². The molecule has 0 fully saturated rings. The lowest BCUT2D eigenvalue weighted by Gasteiger charge is -2.33. The minimum absolute atomic E-state index is 0.0869. The number of nitrogens with zero attached hydrogens (tertiary/aromatic N) is 5. The minimum Gasteiger partial charge on any atom is -0.322 e. The number of halogens is 1. The second kappa shape index (κ2) is 10.3. The van der Waals surface area contributed by atoms with Crippen molar-refractivity contribution in [2.24, 2.45) is 0 Å². The fraction of sp³-hybridized carbons (Fsp3) is 0.407. The Bertz CT molecular complexity index is 1370. The molecule has 0 spiro atoms. The van der Waals surface area contributed by atoms with Gasteiger partial charge in [-0.3, -0.25) is 9.69 Å². The highest BCUT2D eigenvalue weighted by Crippen LogP contribution is 2.31. The maximum Gasteiger partial charge on any atom is 0.252 e. The number of aryl methyl sites for hydroxylation is 1.